The molecule has 1 atom stereocenters. The highest BCUT2D eigenvalue weighted by Gasteiger charge is 2.16. The van der Waals surface area contributed by atoms with Crippen molar-refractivity contribution in [1.82, 2.24) is 5.32 Å². The minimum Gasteiger partial charge on any atom is -0.497 e. The maximum atomic E-state index is 12.2. The van der Waals surface area contributed by atoms with E-state index in [9.17, 15) is 4.79 Å². The van der Waals surface area contributed by atoms with Crippen LogP contribution in [0.1, 0.15) is 23.2 Å². The molecular formula is C17H19NO3. The zero-order chi connectivity index (χ0) is 14.7. The number of benzene rings is 2. The number of hydrogen-bond acceptors (Lipinski definition) is 3. The van der Waals surface area contributed by atoms with Crippen LogP contribution in [0.25, 0.3) is 10.8 Å². The number of fused-ring (bicyclic) bond motifs is 1. The average Bonchev–Trinajstić information content (AvgIpc) is 3.05. The van der Waals surface area contributed by atoms with Gasteiger partial charge in [0.2, 0.25) is 0 Å². The molecule has 2 aromatic rings. The minimum absolute atomic E-state index is 0.0526. The molecule has 3 rings (SSSR count). The Kier molecular flexibility index (Phi) is 4.06. The summed E-state index contributed by atoms with van der Waals surface area (Å²) in [4.78, 5) is 12.2. The predicted molar refractivity (Wildman–Crippen MR) is 81.8 cm³/mol. The third-order valence-electron chi connectivity index (χ3n) is 3.82. The molecule has 21 heavy (non-hydrogen) atoms. The first-order valence-electron chi connectivity index (χ1n) is 7.24. The smallest absolute Gasteiger partial charge is 0.251 e. The van der Waals surface area contributed by atoms with Crippen LogP contribution in [0.5, 0.6) is 5.75 Å². The van der Waals surface area contributed by atoms with Crippen LogP contribution in [0.2, 0.25) is 0 Å². The number of nitrogens with one attached hydrogen (secondary N) is 1. The van der Waals surface area contributed by atoms with Crippen LogP contribution in [0, 0.1) is 0 Å². The second-order valence-electron chi connectivity index (χ2n) is 5.27. The molecule has 1 N–H and O–H groups in total. The number of amides is 1. The summed E-state index contributed by atoms with van der Waals surface area (Å²) in [6, 6.07) is 11.5. The molecule has 2 aromatic carbocycles. The molecule has 1 saturated heterocycles. The van der Waals surface area contributed by atoms with Crippen LogP contribution < -0.4 is 10.1 Å². The van der Waals surface area contributed by atoms with Gasteiger partial charge in [0, 0.05) is 18.7 Å². The fourth-order valence-corrected chi connectivity index (χ4v) is 2.61. The van der Waals surface area contributed by atoms with Gasteiger partial charge in [0.25, 0.3) is 5.91 Å². The van der Waals surface area contributed by atoms with Crippen LogP contribution in [0.3, 0.4) is 0 Å². The van der Waals surface area contributed by atoms with Crippen molar-refractivity contribution in [3.63, 3.8) is 0 Å². The summed E-state index contributed by atoms with van der Waals surface area (Å²) in [5.41, 5.74) is 0.672. The van der Waals surface area contributed by atoms with Gasteiger partial charge in [0.05, 0.1) is 13.2 Å². The minimum atomic E-state index is -0.0526. The maximum absolute atomic E-state index is 12.2. The zero-order valence-electron chi connectivity index (χ0n) is 12.1. The summed E-state index contributed by atoms with van der Waals surface area (Å²) in [6.45, 7) is 1.39. The van der Waals surface area contributed by atoms with E-state index < -0.39 is 0 Å². The highest BCUT2D eigenvalue weighted by atomic mass is 16.5. The Morgan fingerprint density at radius 3 is 2.86 bits per heavy atom. The van der Waals surface area contributed by atoms with E-state index in [2.05, 4.69) is 5.32 Å². The van der Waals surface area contributed by atoms with Crippen molar-refractivity contribution in [2.75, 3.05) is 20.3 Å². The van der Waals surface area contributed by atoms with E-state index >= 15 is 0 Å². The van der Waals surface area contributed by atoms with Crippen molar-refractivity contribution in [2.24, 2.45) is 0 Å². The Hall–Kier alpha value is -2.07. The molecule has 0 spiro atoms. The van der Waals surface area contributed by atoms with Gasteiger partial charge in [-0.05, 0) is 47.9 Å². The maximum Gasteiger partial charge on any atom is 0.251 e. The Bertz CT molecular complexity index is 648. The molecule has 1 amide bonds. The predicted octanol–water partition coefficient (Wildman–Crippen LogP) is 2.76. The lowest BCUT2D eigenvalue weighted by molar-refractivity contribution is 0.0858. The molecule has 0 radical (unpaired) electrons. The molecule has 0 saturated carbocycles. The van der Waals surface area contributed by atoms with Crippen LogP contribution in [0.15, 0.2) is 36.4 Å². The molecule has 110 valence electrons. The first-order chi connectivity index (χ1) is 10.3. The number of hydrogen-bond donors (Lipinski definition) is 1. The van der Waals surface area contributed by atoms with Gasteiger partial charge in [-0.15, -0.1) is 0 Å². The highest BCUT2D eigenvalue weighted by Crippen LogP contribution is 2.22. The van der Waals surface area contributed by atoms with Crippen molar-refractivity contribution in [2.45, 2.75) is 18.9 Å². The number of methoxy groups -OCH3 is 1. The first kappa shape index (κ1) is 13.9. The zero-order valence-corrected chi connectivity index (χ0v) is 12.1. The molecule has 0 aliphatic carbocycles. The summed E-state index contributed by atoms with van der Waals surface area (Å²) in [7, 11) is 1.65. The third kappa shape index (κ3) is 3.16. The Morgan fingerprint density at radius 2 is 2.10 bits per heavy atom. The van der Waals surface area contributed by atoms with E-state index in [0.29, 0.717) is 12.1 Å². The second kappa shape index (κ2) is 6.14. The molecular weight excluding hydrogens is 266 g/mol. The summed E-state index contributed by atoms with van der Waals surface area (Å²) < 4.78 is 10.7. The lowest BCUT2D eigenvalue weighted by Gasteiger charge is -2.11. The number of rotatable bonds is 4. The molecule has 1 aliphatic rings. The fourth-order valence-electron chi connectivity index (χ4n) is 2.61. The normalized spacial score (nSPS) is 17.9. The van der Waals surface area contributed by atoms with Crippen molar-refractivity contribution in [1.29, 1.82) is 0 Å². The number of carbonyl (C=O) groups is 1. The van der Waals surface area contributed by atoms with E-state index in [-0.39, 0.29) is 12.0 Å². The molecule has 0 unspecified atom stereocenters. The average molecular weight is 285 g/mol. The second-order valence-corrected chi connectivity index (χ2v) is 5.27. The lowest BCUT2D eigenvalue weighted by Crippen LogP contribution is -2.31. The van der Waals surface area contributed by atoms with Crippen molar-refractivity contribution in [3.05, 3.63) is 42.0 Å². The quantitative estimate of drug-likeness (QED) is 0.939. The Morgan fingerprint density at radius 1 is 1.29 bits per heavy atom. The molecule has 1 heterocycles. The van der Waals surface area contributed by atoms with Crippen molar-refractivity contribution >= 4 is 16.7 Å². The van der Waals surface area contributed by atoms with E-state index in [4.69, 9.17) is 9.47 Å². The van der Waals surface area contributed by atoms with Crippen LogP contribution in [-0.2, 0) is 4.74 Å². The third-order valence-corrected chi connectivity index (χ3v) is 3.82. The number of carbonyl (C=O) groups excluding carboxylic acids is 1. The van der Waals surface area contributed by atoms with Gasteiger partial charge in [0.1, 0.15) is 5.75 Å². The molecule has 1 fully saturated rings. The molecule has 0 bridgehead atoms. The van der Waals surface area contributed by atoms with E-state index in [1.807, 2.05) is 36.4 Å². The highest BCUT2D eigenvalue weighted by molar-refractivity contribution is 5.98. The molecule has 4 nitrogen and oxygen atoms in total. The fraction of sp³-hybridized carbons (Fsp3) is 0.353. The van der Waals surface area contributed by atoms with Crippen molar-refractivity contribution in [3.8, 4) is 5.75 Å². The standard InChI is InChI=1S/C17H19NO3/c1-20-15-7-6-12-9-14(5-4-13(12)10-15)17(19)18-11-16-3-2-8-21-16/h4-7,9-10,16H,2-3,8,11H2,1H3,(H,18,19)/t16-/m1/s1. The van der Waals surface area contributed by atoms with Crippen LogP contribution in [-0.4, -0.2) is 32.3 Å². The largest absolute Gasteiger partial charge is 0.497 e. The topological polar surface area (TPSA) is 47.6 Å². The van der Waals surface area contributed by atoms with Gasteiger partial charge in [0.15, 0.2) is 0 Å². The Labute approximate surface area is 124 Å². The van der Waals surface area contributed by atoms with Gasteiger partial charge in [-0.2, -0.15) is 0 Å². The summed E-state index contributed by atoms with van der Waals surface area (Å²) in [5, 5.41) is 5.03. The van der Waals surface area contributed by atoms with Gasteiger partial charge >= 0.3 is 0 Å². The van der Waals surface area contributed by atoms with E-state index in [1.165, 1.54) is 0 Å². The molecule has 1 aliphatic heterocycles. The van der Waals surface area contributed by atoms with Crippen molar-refractivity contribution < 1.29 is 14.3 Å². The Balaban J connectivity index is 1.72. The van der Waals surface area contributed by atoms with E-state index in [1.54, 1.807) is 7.11 Å². The lowest BCUT2D eigenvalue weighted by atomic mass is 10.1. The summed E-state index contributed by atoms with van der Waals surface area (Å²) >= 11 is 0. The molecule has 0 aromatic heterocycles. The van der Waals surface area contributed by atoms with Gasteiger partial charge in [-0.3, -0.25) is 4.79 Å². The van der Waals surface area contributed by atoms with Gasteiger partial charge in [-0.1, -0.05) is 12.1 Å². The van der Waals surface area contributed by atoms with E-state index in [0.717, 1.165) is 36.0 Å². The summed E-state index contributed by atoms with van der Waals surface area (Å²) in [5.74, 6) is 0.765. The molecule has 4 heteroatoms. The van der Waals surface area contributed by atoms with Crippen LogP contribution >= 0.6 is 0 Å². The SMILES string of the molecule is COc1ccc2cc(C(=O)NC[C@H]3CCCO3)ccc2c1. The van der Waals surface area contributed by atoms with Crippen LogP contribution in [0.4, 0.5) is 0 Å². The summed E-state index contributed by atoms with van der Waals surface area (Å²) in [6.07, 6.45) is 2.27. The first-order valence-corrected chi connectivity index (χ1v) is 7.24. The number of ether oxygens (including phenoxy) is 2. The monoisotopic (exact) mass is 285 g/mol. The van der Waals surface area contributed by atoms with Gasteiger partial charge in [-0.25, -0.2) is 0 Å². The van der Waals surface area contributed by atoms with Gasteiger partial charge < -0.3 is 14.8 Å².